The summed E-state index contributed by atoms with van der Waals surface area (Å²) in [4.78, 5) is 23.8. The zero-order valence-electron chi connectivity index (χ0n) is 22.5. The predicted octanol–water partition coefficient (Wildman–Crippen LogP) is 3.16. The van der Waals surface area contributed by atoms with Crippen LogP contribution in [0.15, 0.2) is 53.4 Å². The SMILES string of the molecule is Cc1cccc(C)c1-c1cc2nc(n1)NS(=O)(=O)c1cccc(c1)C(=O)N(C[C@@H](O)CO)C(CC(C)C)CO2. The van der Waals surface area contributed by atoms with E-state index in [1.54, 1.807) is 6.07 Å². The van der Waals surface area contributed by atoms with Gasteiger partial charge in [-0.2, -0.15) is 4.98 Å². The van der Waals surface area contributed by atoms with Gasteiger partial charge in [-0.15, -0.1) is 0 Å². The molecule has 1 aliphatic heterocycles. The summed E-state index contributed by atoms with van der Waals surface area (Å²) in [7, 11) is -4.17. The minimum atomic E-state index is -4.17. The fourth-order valence-electron chi connectivity index (χ4n) is 4.73. The highest BCUT2D eigenvalue weighted by molar-refractivity contribution is 7.92. The fourth-order valence-corrected chi connectivity index (χ4v) is 5.72. The summed E-state index contributed by atoms with van der Waals surface area (Å²) < 4.78 is 35.2. The van der Waals surface area contributed by atoms with Crippen molar-refractivity contribution in [1.82, 2.24) is 14.9 Å². The number of ether oxygens (including phenoxy) is 1. The third kappa shape index (κ3) is 6.55. The molecule has 10 nitrogen and oxygen atoms in total. The molecule has 1 aliphatic rings. The molecule has 11 heteroatoms. The van der Waals surface area contributed by atoms with Crippen LogP contribution >= 0.6 is 0 Å². The topological polar surface area (TPSA) is 142 Å². The van der Waals surface area contributed by atoms with Crippen LogP contribution in [-0.2, 0) is 10.0 Å². The number of benzene rings is 2. The Morgan fingerprint density at radius 2 is 1.79 bits per heavy atom. The van der Waals surface area contributed by atoms with E-state index in [4.69, 9.17) is 4.74 Å². The number of aliphatic hydroxyl groups is 2. The lowest BCUT2D eigenvalue weighted by atomic mass is 10.00. The maximum Gasteiger partial charge on any atom is 0.264 e. The normalized spacial score (nSPS) is 17.9. The van der Waals surface area contributed by atoms with Crippen molar-refractivity contribution in [2.75, 3.05) is 24.5 Å². The molecule has 2 aromatic carbocycles. The van der Waals surface area contributed by atoms with E-state index in [0.717, 1.165) is 16.7 Å². The second kappa shape index (κ2) is 11.7. The van der Waals surface area contributed by atoms with Crippen molar-refractivity contribution in [2.45, 2.75) is 51.2 Å². The number of anilines is 1. The standard InChI is InChI=1S/C28H34N4O6S/c1-17(2)11-21-16-38-25-13-24(26-18(3)7-5-8-19(26)4)29-28(30-25)31-39(36,37)23-10-6-9-20(12-23)27(35)32(21)14-22(34)15-33/h5-10,12-13,17,21-22,33-34H,11,14-16H2,1-4H3,(H,29,30,31)/t21?,22-/m1/s1. The highest BCUT2D eigenvalue weighted by atomic mass is 32.2. The maximum atomic E-state index is 13.7. The number of carbonyl (C=O) groups is 1. The summed E-state index contributed by atoms with van der Waals surface area (Å²) in [5.74, 6) is -0.346. The molecule has 0 aliphatic carbocycles. The van der Waals surface area contributed by atoms with Crippen molar-refractivity contribution in [3.05, 3.63) is 65.2 Å². The van der Waals surface area contributed by atoms with Gasteiger partial charge in [0.2, 0.25) is 11.8 Å². The van der Waals surface area contributed by atoms with E-state index in [1.807, 2.05) is 45.9 Å². The lowest BCUT2D eigenvalue weighted by Gasteiger charge is -2.34. The van der Waals surface area contributed by atoms with Gasteiger partial charge in [0.15, 0.2) is 0 Å². The molecule has 0 saturated heterocycles. The summed E-state index contributed by atoms with van der Waals surface area (Å²) in [6.07, 6.45) is -0.656. The number of nitrogens with zero attached hydrogens (tertiary/aromatic N) is 3. The van der Waals surface area contributed by atoms with Gasteiger partial charge in [-0.05, 0) is 55.5 Å². The lowest BCUT2D eigenvalue weighted by Crippen LogP contribution is -2.48. The highest BCUT2D eigenvalue weighted by Crippen LogP contribution is 2.30. The molecule has 0 fully saturated rings. The van der Waals surface area contributed by atoms with E-state index in [-0.39, 0.29) is 41.4 Å². The molecule has 3 aromatic rings. The number of aromatic nitrogens is 2. The van der Waals surface area contributed by atoms with Gasteiger partial charge in [-0.3, -0.25) is 4.79 Å². The molecular formula is C28H34N4O6S. The number of nitrogens with one attached hydrogen (secondary N) is 1. The van der Waals surface area contributed by atoms with Crippen LogP contribution in [0.2, 0.25) is 0 Å². The van der Waals surface area contributed by atoms with Crippen LogP contribution in [0.4, 0.5) is 5.95 Å². The number of hydrogen-bond acceptors (Lipinski definition) is 8. The molecule has 0 saturated carbocycles. The first-order chi connectivity index (χ1) is 18.5. The summed E-state index contributed by atoms with van der Waals surface area (Å²) >= 11 is 0. The van der Waals surface area contributed by atoms with Crippen molar-refractivity contribution in [2.24, 2.45) is 5.92 Å². The van der Waals surface area contributed by atoms with Crippen molar-refractivity contribution >= 4 is 21.9 Å². The van der Waals surface area contributed by atoms with E-state index < -0.39 is 34.7 Å². The van der Waals surface area contributed by atoms with E-state index in [2.05, 4.69) is 14.7 Å². The van der Waals surface area contributed by atoms with E-state index in [1.165, 1.54) is 29.2 Å². The quantitative estimate of drug-likeness (QED) is 0.422. The Morgan fingerprint density at radius 3 is 2.46 bits per heavy atom. The minimum absolute atomic E-state index is 0.0250. The molecule has 4 bridgehead atoms. The van der Waals surface area contributed by atoms with Gasteiger partial charge >= 0.3 is 0 Å². The number of hydrogen-bond donors (Lipinski definition) is 3. The number of sulfonamides is 1. The third-order valence-electron chi connectivity index (χ3n) is 6.54. The second-order valence-electron chi connectivity index (χ2n) is 10.2. The average Bonchev–Trinajstić information content (AvgIpc) is 2.88. The number of rotatable bonds is 6. The van der Waals surface area contributed by atoms with E-state index >= 15 is 0 Å². The Balaban J connectivity index is 1.90. The summed E-state index contributed by atoms with van der Waals surface area (Å²) in [5, 5.41) is 19.8. The highest BCUT2D eigenvalue weighted by Gasteiger charge is 2.30. The van der Waals surface area contributed by atoms with Crippen molar-refractivity contribution < 1.29 is 28.2 Å². The first-order valence-electron chi connectivity index (χ1n) is 12.8. The van der Waals surface area contributed by atoms with Gasteiger partial charge in [0.1, 0.15) is 6.61 Å². The van der Waals surface area contributed by atoms with E-state index in [0.29, 0.717) is 12.1 Å². The first kappa shape index (κ1) is 28.5. The Hall–Kier alpha value is -3.54. The third-order valence-corrected chi connectivity index (χ3v) is 7.87. The second-order valence-corrected chi connectivity index (χ2v) is 11.9. The monoisotopic (exact) mass is 554 g/mol. The Kier molecular flexibility index (Phi) is 8.53. The van der Waals surface area contributed by atoms with Crippen LogP contribution in [0, 0.1) is 19.8 Å². The summed E-state index contributed by atoms with van der Waals surface area (Å²) in [5.41, 5.74) is 3.34. The number of aryl methyl sites for hydroxylation is 2. The molecule has 1 aromatic heterocycles. The maximum absolute atomic E-state index is 13.7. The number of fused-ring (bicyclic) bond motifs is 4. The van der Waals surface area contributed by atoms with Crippen LogP contribution in [-0.4, -0.2) is 71.3 Å². The van der Waals surface area contributed by atoms with Gasteiger partial charge in [0.05, 0.1) is 29.3 Å². The van der Waals surface area contributed by atoms with Crippen LogP contribution in [0.25, 0.3) is 11.3 Å². The molecule has 4 rings (SSSR count). The number of β-amino-alcohol motifs (C(OH)–C–C–N with tert-alkyl or cyclic N) is 1. The Labute approximate surface area is 228 Å². The molecule has 2 atom stereocenters. The largest absolute Gasteiger partial charge is 0.475 e. The van der Waals surface area contributed by atoms with E-state index in [9.17, 15) is 23.4 Å². The van der Waals surface area contributed by atoms with Crippen molar-refractivity contribution in [3.8, 4) is 17.1 Å². The number of carbonyl (C=O) groups excluding carboxylic acids is 1. The lowest BCUT2D eigenvalue weighted by molar-refractivity contribution is 0.0243. The van der Waals surface area contributed by atoms with Crippen LogP contribution in [0.3, 0.4) is 0 Å². The van der Waals surface area contributed by atoms with Gasteiger partial charge in [0, 0.05) is 23.7 Å². The smallest absolute Gasteiger partial charge is 0.264 e. The van der Waals surface area contributed by atoms with Crippen LogP contribution in [0.1, 0.15) is 41.8 Å². The minimum Gasteiger partial charge on any atom is -0.475 e. The summed E-state index contributed by atoms with van der Waals surface area (Å²) in [6, 6.07) is 12.6. The molecule has 3 N–H and O–H groups in total. The summed E-state index contributed by atoms with van der Waals surface area (Å²) in [6.45, 7) is 7.22. The van der Waals surface area contributed by atoms with Crippen LogP contribution < -0.4 is 9.46 Å². The Morgan fingerprint density at radius 1 is 1.10 bits per heavy atom. The molecule has 0 radical (unpaired) electrons. The molecule has 208 valence electrons. The van der Waals surface area contributed by atoms with Gasteiger partial charge < -0.3 is 19.8 Å². The molecule has 1 amide bonds. The number of aliphatic hydroxyl groups excluding tert-OH is 2. The molecular weight excluding hydrogens is 520 g/mol. The van der Waals surface area contributed by atoms with Gasteiger partial charge in [-0.25, -0.2) is 18.1 Å². The Bertz CT molecular complexity index is 1440. The van der Waals surface area contributed by atoms with Crippen LogP contribution in [0.5, 0.6) is 5.88 Å². The van der Waals surface area contributed by atoms with Gasteiger partial charge in [-0.1, -0.05) is 38.1 Å². The zero-order chi connectivity index (χ0) is 28.3. The van der Waals surface area contributed by atoms with Gasteiger partial charge in [0.25, 0.3) is 15.9 Å². The average molecular weight is 555 g/mol. The zero-order valence-corrected chi connectivity index (χ0v) is 23.3. The number of amides is 1. The molecule has 39 heavy (non-hydrogen) atoms. The van der Waals surface area contributed by atoms with Crippen molar-refractivity contribution in [3.63, 3.8) is 0 Å². The van der Waals surface area contributed by atoms with Crippen molar-refractivity contribution in [1.29, 1.82) is 0 Å². The fraction of sp³-hybridized carbons (Fsp3) is 0.393. The first-order valence-corrected chi connectivity index (χ1v) is 14.3. The molecule has 1 unspecified atom stereocenters. The molecule has 0 spiro atoms. The molecule has 2 heterocycles. The predicted molar refractivity (Wildman–Crippen MR) is 147 cm³/mol.